The van der Waals surface area contributed by atoms with Crippen LogP contribution in [0.3, 0.4) is 0 Å². The molecule has 0 spiro atoms. The van der Waals surface area contributed by atoms with Crippen LogP contribution < -0.4 is 30.6 Å². The highest BCUT2D eigenvalue weighted by atomic mass is 16.5. The monoisotopic (exact) mass is 569 g/mol. The number of unbranched alkanes of at least 4 members (excludes halogenated alkanes) is 1. The average Bonchev–Trinajstić information content (AvgIpc) is 3.34. The Morgan fingerprint density at radius 2 is 1.66 bits per heavy atom. The molecular weight excluding hydrogens is 530 g/mol. The predicted octanol–water partition coefficient (Wildman–Crippen LogP) is 3.35. The Hall–Kier alpha value is -4.32. The van der Waals surface area contributed by atoms with Crippen molar-refractivity contribution in [3.05, 3.63) is 42.0 Å². The maximum Gasteiger partial charge on any atom is 0.254 e. The Labute approximate surface area is 239 Å². The highest BCUT2D eigenvalue weighted by molar-refractivity contribution is 6.01. The molecule has 0 saturated heterocycles. The van der Waals surface area contributed by atoms with E-state index in [-0.39, 0.29) is 36.9 Å². The summed E-state index contributed by atoms with van der Waals surface area (Å²) in [5, 5.41) is 9.46. The van der Waals surface area contributed by atoms with Crippen molar-refractivity contribution >= 4 is 34.5 Å². The van der Waals surface area contributed by atoms with Gasteiger partial charge in [0.1, 0.15) is 5.75 Å². The molecule has 2 aromatic carbocycles. The van der Waals surface area contributed by atoms with Crippen LogP contribution in [-0.4, -0.2) is 73.3 Å². The lowest BCUT2D eigenvalue weighted by atomic mass is 10.1. The highest BCUT2D eigenvalue weighted by Crippen LogP contribution is 2.30. The van der Waals surface area contributed by atoms with E-state index in [9.17, 15) is 14.4 Å². The van der Waals surface area contributed by atoms with Crippen molar-refractivity contribution in [1.29, 1.82) is 0 Å². The molecule has 0 aliphatic carbocycles. The van der Waals surface area contributed by atoms with Crippen LogP contribution in [0.5, 0.6) is 17.2 Å². The van der Waals surface area contributed by atoms with E-state index in [0.717, 1.165) is 12.8 Å². The number of methoxy groups -OCH3 is 1. The van der Waals surface area contributed by atoms with E-state index in [0.29, 0.717) is 47.0 Å². The number of rotatable bonds is 15. The Balaban J connectivity index is 1.45. The third-order valence-corrected chi connectivity index (χ3v) is 6.16. The Bertz CT molecular complexity index is 1330. The smallest absolute Gasteiger partial charge is 0.254 e. The van der Waals surface area contributed by atoms with E-state index in [2.05, 4.69) is 15.8 Å². The molecule has 0 aliphatic heterocycles. The number of carbonyl (C=O) groups excluding carboxylic acids is 3. The third kappa shape index (κ3) is 8.58. The van der Waals surface area contributed by atoms with E-state index < -0.39 is 11.8 Å². The fourth-order valence-corrected chi connectivity index (χ4v) is 4.24. The summed E-state index contributed by atoms with van der Waals surface area (Å²) in [5.41, 5.74) is 6.21. The minimum absolute atomic E-state index is 0.0465. The molecule has 0 bridgehead atoms. The molecule has 12 heteroatoms. The number of amides is 3. The van der Waals surface area contributed by atoms with Crippen molar-refractivity contribution in [2.24, 2.45) is 5.73 Å². The molecule has 1 heterocycles. The quantitative estimate of drug-likeness (QED) is 0.233. The first-order valence-corrected chi connectivity index (χ1v) is 13.6. The molecule has 222 valence electrons. The van der Waals surface area contributed by atoms with Gasteiger partial charge in [0.15, 0.2) is 22.9 Å². The van der Waals surface area contributed by atoms with Gasteiger partial charge in [-0.05, 0) is 70.9 Å². The molecular formula is C29H39N5O7. The van der Waals surface area contributed by atoms with E-state index >= 15 is 0 Å². The zero-order valence-electron chi connectivity index (χ0n) is 24.2. The maximum atomic E-state index is 13.0. The van der Waals surface area contributed by atoms with Crippen LogP contribution in [-0.2, 0) is 9.59 Å². The second-order valence-electron chi connectivity index (χ2n) is 9.89. The number of nitrogens with zero attached hydrogens (tertiary/aromatic N) is 2. The Kier molecular flexibility index (Phi) is 11.3. The minimum Gasteiger partial charge on any atom is -0.493 e. The summed E-state index contributed by atoms with van der Waals surface area (Å²) >= 11 is 0. The maximum absolute atomic E-state index is 13.0. The summed E-state index contributed by atoms with van der Waals surface area (Å²) < 4.78 is 22.5. The normalized spacial score (nSPS) is 11.0. The molecule has 3 aromatic rings. The summed E-state index contributed by atoms with van der Waals surface area (Å²) in [6, 6.07) is 10.6. The Morgan fingerprint density at radius 3 is 2.32 bits per heavy atom. The first-order valence-electron chi connectivity index (χ1n) is 13.6. The molecule has 3 amide bonds. The number of benzene rings is 2. The number of fused-ring (bicyclic) bond motifs is 1. The van der Waals surface area contributed by atoms with Crippen molar-refractivity contribution in [1.82, 2.24) is 15.4 Å². The number of ether oxygens (including phenoxy) is 3. The van der Waals surface area contributed by atoms with Gasteiger partial charge in [-0.1, -0.05) is 5.16 Å². The summed E-state index contributed by atoms with van der Waals surface area (Å²) in [6.07, 6.45) is 1.47. The number of hydrogen-bond donors (Lipinski definition) is 3. The van der Waals surface area contributed by atoms with Gasteiger partial charge in [-0.15, -0.1) is 0 Å². The van der Waals surface area contributed by atoms with Crippen molar-refractivity contribution in [3.8, 4) is 17.2 Å². The van der Waals surface area contributed by atoms with Gasteiger partial charge in [-0.25, -0.2) is 0 Å². The SMILES string of the molecule is COc1cc(C(=O)N(C(C)C)C(C)C)ccc1OCCCCOc1ccc2c(NC(=O)CNC(=O)CN)noc2c1. The first-order chi connectivity index (χ1) is 19.6. The average molecular weight is 570 g/mol. The van der Waals surface area contributed by atoms with Crippen LogP contribution in [0, 0.1) is 0 Å². The largest absolute Gasteiger partial charge is 0.493 e. The standard InChI is InChI=1S/C29H39N5O7/c1-18(2)34(19(3)4)29(37)20-8-11-23(25(14-20)38-5)40-13-7-6-12-39-21-9-10-22-24(15-21)41-33-28(22)32-27(36)17-31-26(35)16-30/h8-11,14-15,18-19H,6-7,12-13,16-17,30H2,1-5H3,(H,31,35)(H,32,33,36). The summed E-state index contributed by atoms with van der Waals surface area (Å²) in [7, 11) is 1.55. The first kappa shape index (κ1) is 31.2. The number of nitrogens with one attached hydrogen (secondary N) is 2. The molecule has 0 radical (unpaired) electrons. The van der Waals surface area contributed by atoms with Crippen LogP contribution in [0.4, 0.5) is 5.82 Å². The van der Waals surface area contributed by atoms with Gasteiger partial charge in [0, 0.05) is 23.7 Å². The van der Waals surface area contributed by atoms with Crippen molar-refractivity contribution in [3.63, 3.8) is 0 Å². The van der Waals surface area contributed by atoms with E-state index in [1.54, 1.807) is 43.5 Å². The van der Waals surface area contributed by atoms with Gasteiger partial charge < -0.3 is 40.0 Å². The fourth-order valence-electron chi connectivity index (χ4n) is 4.24. The van der Waals surface area contributed by atoms with E-state index in [1.165, 1.54) is 0 Å². The van der Waals surface area contributed by atoms with E-state index in [1.807, 2.05) is 32.6 Å². The zero-order valence-corrected chi connectivity index (χ0v) is 24.2. The number of aromatic nitrogens is 1. The molecule has 0 aliphatic rings. The van der Waals surface area contributed by atoms with Crippen LogP contribution >= 0.6 is 0 Å². The molecule has 0 saturated carbocycles. The molecule has 0 atom stereocenters. The van der Waals surface area contributed by atoms with Crippen molar-refractivity contribution in [2.45, 2.75) is 52.6 Å². The lowest BCUT2D eigenvalue weighted by Gasteiger charge is -2.31. The molecule has 0 fully saturated rings. The molecule has 0 unspecified atom stereocenters. The van der Waals surface area contributed by atoms with Gasteiger partial charge in [-0.3, -0.25) is 14.4 Å². The third-order valence-electron chi connectivity index (χ3n) is 6.16. The second-order valence-corrected chi connectivity index (χ2v) is 9.89. The predicted molar refractivity (Wildman–Crippen MR) is 154 cm³/mol. The van der Waals surface area contributed by atoms with Crippen LogP contribution in [0.15, 0.2) is 40.9 Å². The lowest BCUT2D eigenvalue weighted by molar-refractivity contribution is -0.123. The van der Waals surface area contributed by atoms with Gasteiger partial charge >= 0.3 is 0 Å². The summed E-state index contributed by atoms with van der Waals surface area (Å²) in [4.78, 5) is 38.0. The van der Waals surface area contributed by atoms with Gasteiger partial charge in [-0.2, -0.15) is 0 Å². The van der Waals surface area contributed by atoms with Crippen molar-refractivity contribution < 1.29 is 33.1 Å². The fraction of sp³-hybridized carbons (Fsp3) is 0.448. The lowest BCUT2D eigenvalue weighted by Crippen LogP contribution is -2.42. The Morgan fingerprint density at radius 1 is 0.951 bits per heavy atom. The molecule has 4 N–H and O–H groups in total. The molecule has 3 rings (SSSR count). The van der Waals surface area contributed by atoms with Crippen LogP contribution in [0.1, 0.15) is 50.9 Å². The van der Waals surface area contributed by atoms with Crippen molar-refractivity contribution in [2.75, 3.05) is 38.7 Å². The molecule has 12 nitrogen and oxygen atoms in total. The number of nitrogens with two attached hydrogens (primary N) is 1. The van der Waals surface area contributed by atoms with Crippen LogP contribution in [0.2, 0.25) is 0 Å². The minimum atomic E-state index is -0.449. The second kappa shape index (κ2) is 14.9. The van der Waals surface area contributed by atoms with Gasteiger partial charge in [0.25, 0.3) is 5.91 Å². The topological polar surface area (TPSA) is 158 Å². The number of hydrogen-bond acceptors (Lipinski definition) is 9. The summed E-state index contributed by atoms with van der Waals surface area (Å²) in [5.74, 6) is 1.01. The van der Waals surface area contributed by atoms with Crippen LogP contribution in [0.25, 0.3) is 11.0 Å². The molecule has 41 heavy (non-hydrogen) atoms. The zero-order chi connectivity index (χ0) is 29.9. The van der Waals surface area contributed by atoms with Gasteiger partial charge in [0.2, 0.25) is 11.8 Å². The number of carbonyl (C=O) groups is 3. The van der Waals surface area contributed by atoms with Gasteiger partial charge in [0.05, 0.1) is 38.8 Å². The van der Waals surface area contributed by atoms with E-state index in [4.69, 9.17) is 24.5 Å². The summed E-state index contributed by atoms with van der Waals surface area (Å²) in [6.45, 7) is 8.48. The molecule has 1 aromatic heterocycles. The highest BCUT2D eigenvalue weighted by Gasteiger charge is 2.22. The number of anilines is 1.